The van der Waals surface area contributed by atoms with E-state index in [9.17, 15) is 14.4 Å². The predicted molar refractivity (Wildman–Crippen MR) is 80.2 cm³/mol. The predicted octanol–water partition coefficient (Wildman–Crippen LogP) is 0.645. The zero-order chi connectivity index (χ0) is 16.4. The monoisotopic (exact) mass is 318 g/mol. The summed E-state index contributed by atoms with van der Waals surface area (Å²) in [7, 11) is 0. The Morgan fingerprint density at radius 2 is 2.09 bits per heavy atom. The molecule has 0 saturated carbocycles. The maximum atomic E-state index is 12.1. The molecule has 0 aromatic heterocycles. The first-order chi connectivity index (χ1) is 11.0. The highest BCUT2D eigenvalue weighted by molar-refractivity contribution is 5.97. The third-order valence-electron chi connectivity index (χ3n) is 4.34. The van der Waals surface area contributed by atoms with E-state index in [1.165, 1.54) is 4.90 Å². The van der Waals surface area contributed by atoms with Gasteiger partial charge in [0.1, 0.15) is 17.9 Å². The first kappa shape index (κ1) is 15.3. The number of benzene rings is 1. The molecular weight excluding hydrogens is 300 g/mol. The topological polar surface area (TPSA) is 95.9 Å². The molecule has 2 aliphatic heterocycles. The molecule has 7 nitrogen and oxygen atoms in total. The van der Waals surface area contributed by atoms with E-state index in [4.69, 9.17) is 9.84 Å². The largest absolute Gasteiger partial charge is 0.485 e. The summed E-state index contributed by atoms with van der Waals surface area (Å²) in [5.74, 6) is -0.927. The van der Waals surface area contributed by atoms with E-state index >= 15 is 0 Å². The number of carboxylic acids is 1. The van der Waals surface area contributed by atoms with Gasteiger partial charge in [-0.3, -0.25) is 14.4 Å². The van der Waals surface area contributed by atoms with Crippen molar-refractivity contribution in [1.29, 1.82) is 0 Å². The Labute approximate surface area is 133 Å². The van der Waals surface area contributed by atoms with Gasteiger partial charge in [-0.05, 0) is 18.6 Å². The molecule has 0 radical (unpaired) electrons. The number of amides is 2. The fourth-order valence-corrected chi connectivity index (χ4v) is 3.04. The molecule has 1 aromatic carbocycles. The van der Waals surface area contributed by atoms with Crippen LogP contribution in [0.1, 0.15) is 29.6 Å². The summed E-state index contributed by atoms with van der Waals surface area (Å²) in [6, 6.07) is 7.00. The quantitative estimate of drug-likeness (QED) is 0.834. The first-order valence-corrected chi connectivity index (χ1v) is 7.55. The average Bonchev–Trinajstić information content (AvgIpc) is 2.76. The van der Waals surface area contributed by atoms with Gasteiger partial charge < -0.3 is 20.1 Å². The Kier molecular flexibility index (Phi) is 3.94. The first-order valence-electron chi connectivity index (χ1n) is 7.55. The van der Waals surface area contributed by atoms with Gasteiger partial charge >= 0.3 is 5.97 Å². The molecular formula is C16H18N2O5. The van der Waals surface area contributed by atoms with Gasteiger partial charge in [0, 0.05) is 19.4 Å². The van der Waals surface area contributed by atoms with E-state index in [-0.39, 0.29) is 24.8 Å². The van der Waals surface area contributed by atoms with Crippen LogP contribution in [0.4, 0.5) is 0 Å². The van der Waals surface area contributed by atoms with Gasteiger partial charge in [-0.25, -0.2) is 0 Å². The summed E-state index contributed by atoms with van der Waals surface area (Å²) in [5, 5.41) is 11.8. The molecule has 0 bridgehead atoms. The van der Waals surface area contributed by atoms with Gasteiger partial charge in [0.15, 0.2) is 0 Å². The maximum absolute atomic E-state index is 12.1. The summed E-state index contributed by atoms with van der Waals surface area (Å²) >= 11 is 0. The van der Waals surface area contributed by atoms with Crippen molar-refractivity contribution in [3.05, 3.63) is 29.8 Å². The lowest BCUT2D eigenvalue weighted by atomic mass is 9.94. The highest BCUT2D eigenvalue weighted by atomic mass is 16.5. The molecule has 122 valence electrons. The van der Waals surface area contributed by atoms with Crippen LogP contribution in [-0.2, 0) is 9.59 Å². The summed E-state index contributed by atoms with van der Waals surface area (Å²) in [6.45, 7) is 0.287. The standard InChI is InChI=1S/C16H18N2O5/c19-13-5-6-16(7-8-18(13)9-14(20)21)10-17-15(22)11-3-1-2-4-12(11)23-16/h1-4H,5-10H2,(H,17,22)(H,20,21)/t16-/m1/s1. The number of para-hydroxylation sites is 1. The number of carboxylic acid groups (broad SMARTS) is 1. The van der Waals surface area contributed by atoms with Crippen molar-refractivity contribution in [2.45, 2.75) is 24.9 Å². The molecule has 0 unspecified atom stereocenters. The minimum absolute atomic E-state index is 0.197. The number of hydrogen-bond donors (Lipinski definition) is 2. The van der Waals surface area contributed by atoms with Crippen LogP contribution in [0.3, 0.4) is 0 Å². The van der Waals surface area contributed by atoms with Gasteiger partial charge in [0.05, 0.1) is 12.1 Å². The number of rotatable bonds is 2. The summed E-state index contributed by atoms with van der Waals surface area (Å²) in [6.07, 6.45) is 1.11. The van der Waals surface area contributed by atoms with Gasteiger partial charge in [-0.2, -0.15) is 0 Å². The molecule has 0 aliphatic carbocycles. The summed E-state index contributed by atoms with van der Waals surface area (Å²) < 4.78 is 6.13. The Bertz CT molecular complexity index is 660. The van der Waals surface area contributed by atoms with E-state index in [1.54, 1.807) is 24.3 Å². The number of hydrogen-bond acceptors (Lipinski definition) is 4. The van der Waals surface area contributed by atoms with Crippen LogP contribution >= 0.6 is 0 Å². The molecule has 2 amide bonds. The summed E-state index contributed by atoms with van der Waals surface area (Å²) in [5.41, 5.74) is -0.215. The van der Waals surface area contributed by atoms with E-state index < -0.39 is 11.6 Å². The Morgan fingerprint density at radius 1 is 1.30 bits per heavy atom. The molecule has 1 aromatic rings. The lowest BCUT2D eigenvalue weighted by Crippen LogP contribution is -2.46. The van der Waals surface area contributed by atoms with Crippen LogP contribution in [0.5, 0.6) is 5.75 Å². The molecule has 2 heterocycles. The number of likely N-dealkylation sites (tertiary alicyclic amines) is 1. The van der Waals surface area contributed by atoms with Crippen molar-refractivity contribution in [2.75, 3.05) is 19.6 Å². The van der Waals surface area contributed by atoms with Crippen LogP contribution < -0.4 is 10.1 Å². The normalized spacial score (nSPS) is 24.3. The summed E-state index contributed by atoms with van der Waals surface area (Å²) in [4.78, 5) is 36.4. The minimum Gasteiger partial charge on any atom is -0.485 e. The van der Waals surface area contributed by atoms with Gasteiger partial charge in [0.2, 0.25) is 5.91 Å². The highest BCUT2D eigenvalue weighted by Gasteiger charge is 2.40. The van der Waals surface area contributed by atoms with Crippen molar-refractivity contribution in [1.82, 2.24) is 10.2 Å². The molecule has 3 rings (SSSR count). The van der Waals surface area contributed by atoms with Gasteiger partial charge in [-0.15, -0.1) is 0 Å². The number of carbonyl (C=O) groups is 3. The van der Waals surface area contributed by atoms with Crippen molar-refractivity contribution < 1.29 is 24.2 Å². The van der Waals surface area contributed by atoms with Crippen molar-refractivity contribution in [3.63, 3.8) is 0 Å². The van der Waals surface area contributed by atoms with E-state index in [0.29, 0.717) is 37.2 Å². The third-order valence-corrected chi connectivity index (χ3v) is 4.34. The second kappa shape index (κ2) is 5.91. The highest BCUT2D eigenvalue weighted by Crippen LogP contribution is 2.33. The number of carbonyl (C=O) groups excluding carboxylic acids is 2. The molecule has 2 aliphatic rings. The van der Waals surface area contributed by atoms with Crippen LogP contribution in [0, 0.1) is 0 Å². The molecule has 1 spiro atoms. The molecule has 1 fully saturated rings. The lowest BCUT2D eigenvalue weighted by molar-refractivity contribution is -0.144. The number of aliphatic carboxylic acids is 1. The minimum atomic E-state index is -1.03. The Hall–Kier alpha value is -2.57. The second-order valence-corrected chi connectivity index (χ2v) is 5.92. The fourth-order valence-electron chi connectivity index (χ4n) is 3.04. The van der Waals surface area contributed by atoms with E-state index in [1.807, 2.05) is 0 Å². The Morgan fingerprint density at radius 3 is 2.87 bits per heavy atom. The average molecular weight is 318 g/mol. The zero-order valence-electron chi connectivity index (χ0n) is 12.6. The van der Waals surface area contributed by atoms with E-state index in [2.05, 4.69) is 5.32 Å². The lowest BCUT2D eigenvalue weighted by Gasteiger charge is -2.32. The van der Waals surface area contributed by atoms with Crippen molar-refractivity contribution in [3.8, 4) is 5.75 Å². The van der Waals surface area contributed by atoms with E-state index in [0.717, 1.165) is 0 Å². The molecule has 1 atom stereocenters. The van der Waals surface area contributed by atoms with Gasteiger partial charge in [-0.1, -0.05) is 12.1 Å². The van der Waals surface area contributed by atoms with Crippen LogP contribution in [0.25, 0.3) is 0 Å². The SMILES string of the molecule is O=C(O)CN1CC[C@]2(CCC1=O)CNC(=O)c1ccccc1O2. The van der Waals surface area contributed by atoms with Crippen LogP contribution in [-0.4, -0.2) is 53.0 Å². The molecule has 2 N–H and O–H groups in total. The van der Waals surface area contributed by atoms with Gasteiger partial charge in [0.25, 0.3) is 5.91 Å². The Balaban J connectivity index is 1.84. The zero-order valence-corrected chi connectivity index (χ0v) is 12.6. The van der Waals surface area contributed by atoms with Crippen LogP contribution in [0.15, 0.2) is 24.3 Å². The number of fused-ring (bicyclic) bond motifs is 1. The second-order valence-electron chi connectivity index (χ2n) is 5.92. The number of nitrogens with zero attached hydrogens (tertiary/aromatic N) is 1. The smallest absolute Gasteiger partial charge is 0.323 e. The fraction of sp³-hybridized carbons (Fsp3) is 0.438. The van der Waals surface area contributed by atoms with Crippen LogP contribution in [0.2, 0.25) is 0 Å². The maximum Gasteiger partial charge on any atom is 0.323 e. The van der Waals surface area contributed by atoms with Crippen molar-refractivity contribution in [2.24, 2.45) is 0 Å². The molecule has 23 heavy (non-hydrogen) atoms. The third kappa shape index (κ3) is 3.13. The number of ether oxygens (including phenoxy) is 1. The van der Waals surface area contributed by atoms with Crippen molar-refractivity contribution >= 4 is 17.8 Å². The molecule has 7 heteroatoms. The number of nitrogens with one attached hydrogen (secondary N) is 1. The molecule has 1 saturated heterocycles.